The number of halogens is 3. The van der Waals surface area contributed by atoms with E-state index in [0.29, 0.717) is 11.5 Å². The van der Waals surface area contributed by atoms with Crippen LogP contribution in [0.4, 0.5) is 13.2 Å². The van der Waals surface area contributed by atoms with Gasteiger partial charge in [-0.3, -0.25) is 0 Å². The van der Waals surface area contributed by atoms with Crippen LogP contribution in [-0.4, -0.2) is 28.8 Å². The van der Waals surface area contributed by atoms with Gasteiger partial charge >= 0.3 is 18.2 Å². The Morgan fingerprint density at radius 2 is 1.12 bits per heavy atom. The minimum absolute atomic E-state index is 0.145. The van der Waals surface area contributed by atoms with Crippen molar-refractivity contribution in [2.45, 2.75) is 25.3 Å². The van der Waals surface area contributed by atoms with Crippen LogP contribution in [0.3, 0.4) is 0 Å². The lowest BCUT2D eigenvalue weighted by molar-refractivity contribution is -0.178. The second kappa shape index (κ2) is 8.74. The van der Waals surface area contributed by atoms with E-state index in [1.165, 1.54) is 4.90 Å². The number of amidine groups is 2. The summed E-state index contributed by atoms with van der Waals surface area (Å²) in [6.07, 6.45) is -4.76. The van der Waals surface area contributed by atoms with E-state index < -0.39 is 11.8 Å². The number of benzene rings is 3. The van der Waals surface area contributed by atoms with Crippen LogP contribution in [0.1, 0.15) is 12.5 Å². The van der Waals surface area contributed by atoms with E-state index in [0.717, 1.165) is 12.5 Å². The Bertz CT molecular complexity index is 1040. The summed E-state index contributed by atoms with van der Waals surface area (Å²) in [5, 5.41) is 0. The number of ether oxygens (including phenoxy) is 2. The van der Waals surface area contributed by atoms with Gasteiger partial charge in [0, 0.05) is 0 Å². The summed E-state index contributed by atoms with van der Waals surface area (Å²) in [5.41, 5.74) is -1.95. The molecule has 4 rings (SSSR count). The minimum Gasteiger partial charge on any atom is -0.426 e. The molecule has 0 spiro atoms. The molecule has 8 heteroatoms. The Labute approximate surface area is 183 Å². The van der Waals surface area contributed by atoms with E-state index in [9.17, 15) is 13.2 Å². The minimum atomic E-state index is -4.76. The Morgan fingerprint density at radius 3 is 1.53 bits per heavy atom. The monoisotopic (exact) mass is 439 g/mol. The van der Waals surface area contributed by atoms with E-state index >= 15 is 0 Å². The van der Waals surface area contributed by atoms with Crippen LogP contribution >= 0.6 is 0 Å². The Morgan fingerprint density at radius 1 is 0.719 bits per heavy atom. The Balaban J connectivity index is 1.79. The van der Waals surface area contributed by atoms with Crippen molar-refractivity contribution in [2.75, 3.05) is 0 Å². The molecule has 0 aromatic heterocycles. The van der Waals surface area contributed by atoms with Gasteiger partial charge in [0.05, 0.1) is 6.54 Å². The van der Waals surface area contributed by atoms with Gasteiger partial charge < -0.3 is 9.47 Å². The van der Waals surface area contributed by atoms with Crippen LogP contribution in [0, 0.1) is 0 Å². The molecule has 3 aromatic rings. The molecule has 0 radical (unpaired) electrons. The van der Waals surface area contributed by atoms with E-state index in [4.69, 9.17) is 9.47 Å². The summed E-state index contributed by atoms with van der Waals surface area (Å²) < 4.78 is 53.5. The summed E-state index contributed by atoms with van der Waals surface area (Å²) in [5.74, 6) is 0.685. The summed E-state index contributed by atoms with van der Waals surface area (Å²) in [6.45, 7) is 1.03. The molecule has 3 aromatic carbocycles. The molecular weight excluding hydrogens is 419 g/mol. The highest BCUT2D eigenvalue weighted by molar-refractivity contribution is 5.97. The third-order valence-electron chi connectivity index (χ3n) is 4.71. The molecule has 0 N–H and O–H groups in total. The van der Waals surface area contributed by atoms with Gasteiger partial charge in [0.25, 0.3) is 5.66 Å². The molecular formula is C24H20F3N3O2. The lowest BCUT2D eigenvalue weighted by atomic mass is 10.2. The molecule has 0 fully saturated rings. The third kappa shape index (κ3) is 4.74. The van der Waals surface area contributed by atoms with Crippen LogP contribution in [-0.2, 0) is 6.54 Å². The summed E-state index contributed by atoms with van der Waals surface area (Å²) in [6, 6.07) is 25.7. The molecule has 0 aliphatic carbocycles. The fourth-order valence-electron chi connectivity index (χ4n) is 2.97. The van der Waals surface area contributed by atoms with Crippen molar-refractivity contribution >= 4 is 12.0 Å². The van der Waals surface area contributed by atoms with Crippen molar-refractivity contribution in [2.24, 2.45) is 9.98 Å². The van der Waals surface area contributed by atoms with Gasteiger partial charge in [0.1, 0.15) is 11.5 Å². The first-order valence-corrected chi connectivity index (χ1v) is 9.88. The van der Waals surface area contributed by atoms with Crippen molar-refractivity contribution in [3.63, 3.8) is 0 Å². The van der Waals surface area contributed by atoms with E-state index in [1.807, 2.05) is 30.3 Å². The number of hydrogen-bond acceptors (Lipinski definition) is 5. The highest BCUT2D eigenvalue weighted by atomic mass is 19.4. The van der Waals surface area contributed by atoms with Gasteiger partial charge in [-0.2, -0.15) is 23.2 Å². The van der Waals surface area contributed by atoms with Gasteiger partial charge in [-0.15, -0.1) is 0 Å². The van der Waals surface area contributed by atoms with Crippen molar-refractivity contribution in [1.82, 2.24) is 4.90 Å². The zero-order valence-corrected chi connectivity index (χ0v) is 17.2. The van der Waals surface area contributed by atoms with E-state index in [-0.39, 0.29) is 18.6 Å². The van der Waals surface area contributed by atoms with Crippen molar-refractivity contribution in [1.29, 1.82) is 0 Å². The molecule has 0 atom stereocenters. The Hall–Kier alpha value is -3.81. The quantitative estimate of drug-likeness (QED) is 0.528. The SMILES string of the molecule is CC1(C(F)(F)F)N=C(Oc2ccccc2)N(Cc2ccccc2)C(Oc2ccccc2)=N1. The Kier molecular flexibility index (Phi) is 5.85. The normalized spacial score (nSPS) is 15.6. The molecule has 0 saturated heterocycles. The predicted octanol–water partition coefficient (Wildman–Crippen LogP) is 5.65. The van der Waals surface area contributed by atoms with Crippen LogP contribution < -0.4 is 9.47 Å². The molecule has 1 aliphatic rings. The second-order valence-corrected chi connectivity index (χ2v) is 7.21. The first-order valence-electron chi connectivity index (χ1n) is 9.88. The number of rotatable bonds is 4. The second-order valence-electron chi connectivity index (χ2n) is 7.21. The smallest absolute Gasteiger partial charge is 0.426 e. The molecule has 0 saturated carbocycles. The zero-order chi connectivity index (χ0) is 22.6. The van der Waals surface area contributed by atoms with Gasteiger partial charge in [-0.1, -0.05) is 66.7 Å². The maximum Gasteiger partial charge on any atom is 0.434 e. The lowest BCUT2D eigenvalue weighted by Crippen LogP contribution is -2.53. The third-order valence-corrected chi connectivity index (χ3v) is 4.71. The first kappa shape index (κ1) is 21.4. The number of nitrogens with zero attached hydrogens (tertiary/aromatic N) is 3. The van der Waals surface area contributed by atoms with Crippen LogP contribution in [0.15, 0.2) is 101 Å². The van der Waals surface area contributed by atoms with Gasteiger partial charge in [0.15, 0.2) is 0 Å². The molecule has 32 heavy (non-hydrogen) atoms. The first-order chi connectivity index (χ1) is 15.3. The number of alkyl halides is 3. The molecule has 5 nitrogen and oxygen atoms in total. The maximum atomic E-state index is 14.0. The average Bonchev–Trinajstić information content (AvgIpc) is 2.77. The topological polar surface area (TPSA) is 46.4 Å². The number of hydrogen-bond donors (Lipinski definition) is 0. The number of aliphatic imine (C=N–C) groups is 2. The number of para-hydroxylation sites is 2. The average molecular weight is 439 g/mol. The van der Waals surface area contributed by atoms with Crippen molar-refractivity contribution < 1.29 is 22.6 Å². The molecule has 0 bridgehead atoms. The van der Waals surface area contributed by atoms with Crippen molar-refractivity contribution in [3.05, 3.63) is 96.6 Å². The van der Waals surface area contributed by atoms with Crippen LogP contribution in [0.2, 0.25) is 0 Å². The highest BCUT2D eigenvalue weighted by Gasteiger charge is 2.55. The lowest BCUT2D eigenvalue weighted by Gasteiger charge is -2.35. The fraction of sp³-hybridized carbons (Fsp3) is 0.167. The van der Waals surface area contributed by atoms with Gasteiger partial charge in [-0.25, -0.2) is 4.90 Å². The predicted molar refractivity (Wildman–Crippen MR) is 115 cm³/mol. The van der Waals surface area contributed by atoms with E-state index in [1.54, 1.807) is 60.7 Å². The molecule has 0 unspecified atom stereocenters. The van der Waals surface area contributed by atoms with E-state index in [2.05, 4.69) is 9.98 Å². The summed E-state index contributed by atoms with van der Waals surface area (Å²) >= 11 is 0. The molecule has 164 valence electrons. The zero-order valence-electron chi connectivity index (χ0n) is 17.2. The molecule has 1 aliphatic heterocycles. The van der Waals surface area contributed by atoms with Crippen molar-refractivity contribution in [3.8, 4) is 11.5 Å². The van der Waals surface area contributed by atoms with Gasteiger partial charge in [-0.05, 0) is 36.8 Å². The standard InChI is InChI=1S/C24H20F3N3O2/c1-23(24(25,26)27)28-21(31-19-13-7-3-8-14-19)30(17-18-11-5-2-6-12-18)22(29-23)32-20-15-9-4-10-16-20/h2-16H,17H2,1H3. The molecule has 1 heterocycles. The highest BCUT2D eigenvalue weighted by Crippen LogP contribution is 2.38. The summed E-state index contributed by atoms with van der Waals surface area (Å²) in [7, 11) is 0. The van der Waals surface area contributed by atoms with Crippen LogP contribution in [0.25, 0.3) is 0 Å². The fourth-order valence-corrected chi connectivity index (χ4v) is 2.97. The van der Waals surface area contributed by atoms with Crippen LogP contribution in [0.5, 0.6) is 11.5 Å². The molecule has 0 amide bonds. The van der Waals surface area contributed by atoms with Gasteiger partial charge in [0.2, 0.25) is 0 Å². The largest absolute Gasteiger partial charge is 0.434 e. The summed E-state index contributed by atoms with van der Waals surface area (Å²) in [4.78, 5) is 9.15. The maximum absolute atomic E-state index is 14.0.